The van der Waals surface area contributed by atoms with Crippen LogP contribution in [0.1, 0.15) is 25.7 Å². The summed E-state index contributed by atoms with van der Waals surface area (Å²) in [5.74, 6) is 0.214. The van der Waals surface area contributed by atoms with Crippen LogP contribution in [0.25, 0.3) is 0 Å². The minimum atomic E-state index is -3.01. The quantitative estimate of drug-likeness (QED) is 0.701. The lowest BCUT2D eigenvalue weighted by atomic mass is 10.1. The second kappa shape index (κ2) is 6.09. The molecule has 0 radical (unpaired) electrons. The van der Waals surface area contributed by atoms with Crippen LogP contribution in [0.4, 0.5) is 0 Å². The Balaban J connectivity index is 2.26. The van der Waals surface area contributed by atoms with Gasteiger partial charge in [0, 0.05) is 13.0 Å². The number of rotatable bonds is 5. The van der Waals surface area contributed by atoms with Gasteiger partial charge >= 0.3 is 0 Å². The van der Waals surface area contributed by atoms with Gasteiger partial charge in [-0.15, -0.1) is 0 Å². The zero-order valence-corrected chi connectivity index (χ0v) is 9.80. The molecule has 1 rings (SSSR count). The number of hydrogen-bond donors (Lipinski definition) is 0. The van der Waals surface area contributed by atoms with Crippen molar-refractivity contribution in [3.05, 3.63) is 0 Å². The average molecular weight is 230 g/mol. The molecule has 4 nitrogen and oxygen atoms in total. The molecule has 0 saturated carbocycles. The first kappa shape index (κ1) is 12.5. The van der Waals surface area contributed by atoms with Crippen LogP contribution >= 0.6 is 0 Å². The van der Waals surface area contributed by atoms with Crippen molar-refractivity contribution < 1.29 is 8.42 Å². The van der Waals surface area contributed by atoms with E-state index in [-0.39, 0.29) is 17.9 Å². The van der Waals surface area contributed by atoms with E-state index in [9.17, 15) is 8.42 Å². The van der Waals surface area contributed by atoms with Crippen LogP contribution in [0, 0.1) is 11.3 Å². The van der Waals surface area contributed by atoms with Crippen LogP contribution in [0.5, 0.6) is 0 Å². The molecule has 0 aliphatic carbocycles. The second-order valence-corrected chi connectivity index (χ2v) is 6.27. The SMILES string of the molecule is N#CCCS(=O)(=O)CCN1CCCCC1. The molecule has 0 aromatic rings. The summed E-state index contributed by atoms with van der Waals surface area (Å²) in [5, 5.41) is 8.32. The van der Waals surface area contributed by atoms with Gasteiger partial charge in [-0.25, -0.2) is 8.42 Å². The summed E-state index contributed by atoms with van der Waals surface area (Å²) in [7, 11) is -3.01. The van der Waals surface area contributed by atoms with Gasteiger partial charge in [0.2, 0.25) is 0 Å². The lowest BCUT2D eigenvalue weighted by Gasteiger charge is -2.25. The largest absolute Gasteiger partial charge is 0.302 e. The Morgan fingerprint density at radius 2 is 1.80 bits per heavy atom. The number of sulfone groups is 1. The topological polar surface area (TPSA) is 61.2 Å². The van der Waals surface area contributed by atoms with Gasteiger partial charge in [0.1, 0.15) is 0 Å². The van der Waals surface area contributed by atoms with Crippen molar-refractivity contribution in [2.75, 3.05) is 31.1 Å². The van der Waals surface area contributed by atoms with E-state index in [1.54, 1.807) is 0 Å². The summed E-state index contributed by atoms with van der Waals surface area (Å²) >= 11 is 0. The van der Waals surface area contributed by atoms with Crippen molar-refractivity contribution in [2.45, 2.75) is 25.7 Å². The van der Waals surface area contributed by atoms with Crippen LogP contribution in [0.2, 0.25) is 0 Å². The normalized spacial score (nSPS) is 18.6. The van der Waals surface area contributed by atoms with E-state index in [4.69, 9.17) is 5.26 Å². The smallest absolute Gasteiger partial charge is 0.152 e. The summed E-state index contributed by atoms with van der Waals surface area (Å²) in [6, 6.07) is 1.87. The Labute approximate surface area is 91.8 Å². The summed E-state index contributed by atoms with van der Waals surface area (Å²) in [5.41, 5.74) is 0. The van der Waals surface area contributed by atoms with Crippen molar-refractivity contribution in [1.82, 2.24) is 4.90 Å². The molecule has 0 spiro atoms. The average Bonchev–Trinajstić information content (AvgIpc) is 2.25. The fraction of sp³-hybridized carbons (Fsp3) is 0.900. The zero-order chi connectivity index (χ0) is 11.1. The van der Waals surface area contributed by atoms with Gasteiger partial charge in [0.15, 0.2) is 9.84 Å². The molecule has 0 aromatic carbocycles. The molecule has 0 unspecified atom stereocenters. The molecule has 1 saturated heterocycles. The highest BCUT2D eigenvalue weighted by Crippen LogP contribution is 2.08. The van der Waals surface area contributed by atoms with Crippen molar-refractivity contribution in [3.8, 4) is 6.07 Å². The maximum absolute atomic E-state index is 11.5. The minimum Gasteiger partial charge on any atom is -0.302 e. The number of hydrogen-bond acceptors (Lipinski definition) is 4. The second-order valence-electron chi connectivity index (χ2n) is 3.96. The third-order valence-electron chi connectivity index (χ3n) is 2.69. The van der Waals surface area contributed by atoms with Crippen LogP contribution in [0.15, 0.2) is 0 Å². The first-order valence-electron chi connectivity index (χ1n) is 5.44. The molecule has 0 amide bonds. The van der Waals surface area contributed by atoms with Crippen LogP contribution in [0.3, 0.4) is 0 Å². The van der Waals surface area contributed by atoms with Crippen LogP contribution in [-0.4, -0.2) is 44.5 Å². The molecule has 1 heterocycles. The van der Waals surface area contributed by atoms with E-state index in [1.807, 2.05) is 6.07 Å². The number of nitriles is 1. The number of nitrogens with zero attached hydrogens (tertiary/aromatic N) is 2. The van der Waals surface area contributed by atoms with Gasteiger partial charge in [-0.05, 0) is 25.9 Å². The van der Waals surface area contributed by atoms with Gasteiger partial charge in [-0.1, -0.05) is 6.42 Å². The summed E-state index contributed by atoms with van der Waals surface area (Å²) < 4.78 is 22.9. The van der Waals surface area contributed by atoms with Gasteiger partial charge in [0.25, 0.3) is 0 Å². The third-order valence-corrected chi connectivity index (χ3v) is 4.32. The predicted octanol–water partition coefficient (Wildman–Crippen LogP) is 0.801. The zero-order valence-electron chi connectivity index (χ0n) is 8.98. The third kappa shape index (κ3) is 5.14. The lowest BCUT2D eigenvalue weighted by molar-refractivity contribution is 0.241. The molecule has 1 fully saturated rings. The summed E-state index contributed by atoms with van der Waals surface area (Å²) in [6.45, 7) is 2.68. The minimum absolute atomic E-state index is 0.0112. The molecule has 0 atom stereocenters. The Bertz CT molecular complexity index is 313. The molecule has 0 bridgehead atoms. The standard InChI is InChI=1S/C10H18N2O2S/c11-5-4-9-15(13,14)10-8-12-6-2-1-3-7-12/h1-4,6-10H2. The van der Waals surface area contributed by atoms with E-state index in [0.717, 1.165) is 13.1 Å². The highest BCUT2D eigenvalue weighted by Gasteiger charge is 2.15. The molecule has 0 N–H and O–H groups in total. The van der Waals surface area contributed by atoms with E-state index in [1.165, 1.54) is 19.3 Å². The molecule has 86 valence electrons. The monoisotopic (exact) mass is 230 g/mol. The first-order valence-corrected chi connectivity index (χ1v) is 7.26. The van der Waals surface area contributed by atoms with Gasteiger partial charge in [-0.2, -0.15) is 5.26 Å². The predicted molar refractivity (Wildman–Crippen MR) is 59.2 cm³/mol. The van der Waals surface area contributed by atoms with Gasteiger partial charge in [-0.3, -0.25) is 0 Å². The number of likely N-dealkylation sites (tertiary alicyclic amines) is 1. The maximum atomic E-state index is 11.5. The summed E-state index contributed by atoms with van der Waals surface area (Å²) in [4.78, 5) is 2.20. The van der Waals surface area contributed by atoms with Crippen molar-refractivity contribution in [2.24, 2.45) is 0 Å². The van der Waals surface area contributed by atoms with Crippen molar-refractivity contribution in [3.63, 3.8) is 0 Å². The van der Waals surface area contributed by atoms with E-state index in [2.05, 4.69) is 4.90 Å². The first-order chi connectivity index (χ1) is 7.14. The molecule has 1 aliphatic rings. The van der Waals surface area contributed by atoms with E-state index in [0.29, 0.717) is 6.54 Å². The molecular weight excluding hydrogens is 212 g/mol. The number of piperidine rings is 1. The van der Waals surface area contributed by atoms with Crippen LogP contribution in [-0.2, 0) is 9.84 Å². The maximum Gasteiger partial charge on any atom is 0.152 e. The van der Waals surface area contributed by atoms with E-state index >= 15 is 0 Å². The lowest BCUT2D eigenvalue weighted by Crippen LogP contribution is -2.34. The highest BCUT2D eigenvalue weighted by atomic mass is 32.2. The molecule has 5 heteroatoms. The van der Waals surface area contributed by atoms with Crippen LogP contribution < -0.4 is 0 Å². The van der Waals surface area contributed by atoms with Crippen molar-refractivity contribution in [1.29, 1.82) is 5.26 Å². The molecule has 0 aromatic heterocycles. The van der Waals surface area contributed by atoms with Crippen molar-refractivity contribution >= 4 is 9.84 Å². The Kier molecular flexibility index (Phi) is 5.06. The highest BCUT2D eigenvalue weighted by molar-refractivity contribution is 7.91. The molecule has 15 heavy (non-hydrogen) atoms. The van der Waals surface area contributed by atoms with Gasteiger partial charge < -0.3 is 4.90 Å². The van der Waals surface area contributed by atoms with Gasteiger partial charge in [0.05, 0.1) is 17.6 Å². The fourth-order valence-corrected chi connectivity index (χ4v) is 2.90. The molecule has 1 aliphatic heterocycles. The Hall–Kier alpha value is -0.600. The molecular formula is C10H18N2O2S. The Morgan fingerprint density at radius 3 is 2.40 bits per heavy atom. The Morgan fingerprint density at radius 1 is 1.13 bits per heavy atom. The van der Waals surface area contributed by atoms with E-state index < -0.39 is 9.84 Å². The summed E-state index contributed by atoms with van der Waals surface area (Å²) in [6.07, 6.45) is 3.73. The fourth-order valence-electron chi connectivity index (χ4n) is 1.75.